The number of carbonyl (C=O) groups is 2. The van der Waals surface area contributed by atoms with E-state index in [1.54, 1.807) is 44.7 Å². The SMILES string of the molecule is CCCCCn1cnnc1SCC(=O)Nc1ccc(C(=O)N(C)C)cc1. The molecule has 0 saturated heterocycles. The highest BCUT2D eigenvalue weighted by Crippen LogP contribution is 2.17. The predicted octanol–water partition coefficient (Wildman–Crippen LogP) is 2.90. The average Bonchev–Trinajstić information content (AvgIpc) is 3.07. The van der Waals surface area contributed by atoms with E-state index in [0.717, 1.165) is 31.0 Å². The summed E-state index contributed by atoms with van der Waals surface area (Å²) in [7, 11) is 3.41. The molecule has 1 aromatic carbocycles. The van der Waals surface area contributed by atoms with Crippen LogP contribution in [0.1, 0.15) is 36.5 Å². The van der Waals surface area contributed by atoms with Gasteiger partial charge in [-0.1, -0.05) is 31.5 Å². The molecule has 0 radical (unpaired) electrons. The normalized spacial score (nSPS) is 10.6. The van der Waals surface area contributed by atoms with Gasteiger partial charge in [-0.3, -0.25) is 9.59 Å². The van der Waals surface area contributed by atoms with Gasteiger partial charge in [-0.25, -0.2) is 0 Å². The van der Waals surface area contributed by atoms with Crippen LogP contribution in [0.2, 0.25) is 0 Å². The Hall–Kier alpha value is -2.35. The van der Waals surface area contributed by atoms with Crippen LogP contribution >= 0.6 is 11.8 Å². The zero-order chi connectivity index (χ0) is 18.9. The molecule has 0 atom stereocenters. The minimum Gasteiger partial charge on any atom is -0.345 e. The number of unbranched alkanes of at least 4 members (excludes halogenated alkanes) is 2. The van der Waals surface area contributed by atoms with Gasteiger partial charge in [0.1, 0.15) is 6.33 Å². The molecule has 7 nitrogen and oxygen atoms in total. The lowest BCUT2D eigenvalue weighted by molar-refractivity contribution is -0.113. The fourth-order valence-electron chi connectivity index (χ4n) is 2.32. The Bertz CT molecular complexity index is 727. The lowest BCUT2D eigenvalue weighted by Gasteiger charge is -2.11. The standard InChI is InChI=1S/C18H25N5O2S/c1-4-5-6-11-23-13-19-21-18(23)26-12-16(24)20-15-9-7-14(8-10-15)17(25)22(2)3/h7-10,13H,4-6,11-12H2,1-3H3,(H,20,24). The second-order valence-corrected chi connectivity index (χ2v) is 7.07. The lowest BCUT2D eigenvalue weighted by atomic mass is 10.2. The topological polar surface area (TPSA) is 80.1 Å². The Labute approximate surface area is 158 Å². The summed E-state index contributed by atoms with van der Waals surface area (Å²) in [6.07, 6.45) is 5.10. The Morgan fingerprint density at radius 1 is 1.19 bits per heavy atom. The van der Waals surface area contributed by atoms with E-state index in [2.05, 4.69) is 22.4 Å². The summed E-state index contributed by atoms with van der Waals surface area (Å²) in [6, 6.07) is 6.87. The molecule has 0 saturated carbocycles. The summed E-state index contributed by atoms with van der Waals surface area (Å²) in [5, 5.41) is 11.6. The first-order valence-corrected chi connectivity index (χ1v) is 9.62. The minimum atomic E-state index is -0.121. The highest BCUT2D eigenvalue weighted by molar-refractivity contribution is 7.99. The second-order valence-electron chi connectivity index (χ2n) is 6.13. The largest absolute Gasteiger partial charge is 0.345 e. The Balaban J connectivity index is 1.84. The number of hydrogen-bond acceptors (Lipinski definition) is 5. The molecule has 0 spiro atoms. The van der Waals surface area contributed by atoms with Crippen molar-refractivity contribution < 1.29 is 9.59 Å². The zero-order valence-corrected chi connectivity index (χ0v) is 16.3. The zero-order valence-electron chi connectivity index (χ0n) is 15.4. The van der Waals surface area contributed by atoms with Crippen molar-refractivity contribution in [1.29, 1.82) is 0 Å². The molecular formula is C18H25N5O2S. The maximum atomic E-state index is 12.1. The van der Waals surface area contributed by atoms with Gasteiger partial charge in [0.05, 0.1) is 5.75 Å². The highest BCUT2D eigenvalue weighted by atomic mass is 32.2. The van der Waals surface area contributed by atoms with Gasteiger partial charge >= 0.3 is 0 Å². The van der Waals surface area contributed by atoms with E-state index in [1.807, 2.05) is 4.57 Å². The van der Waals surface area contributed by atoms with E-state index in [9.17, 15) is 9.59 Å². The van der Waals surface area contributed by atoms with Gasteiger partial charge in [0.15, 0.2) is 5.16 Å². The van der Waals surface area contributed by atoms with Gasteiger partial charge in [-0.2, -0.15) is 0 Å². The van der Waals surface area contributed by atoms with Crippen LogP contribution in [-0.4, -0.2) is 51.3 Å². The lowest BCUT2D eigenvalue weighted by Crippen LogP contribution is -2.21. The molecule has 2 amide bonds. The van der Waals surface area contributed by atoms with Crippen molar-refractivity contribution in [3.8, 4) is 0 Å². The van der Waals surface area contributed by atoms with Gasteiger partial charge in [-0.05, 0) is 30.7 Å². The summed E-state index contributed by atoms with van der Waals surface area (Å²) >= 11 is 1.37. The number of rotatable bonds is 9. The molecule has 2 rings (SSSR count). The summed E-state index contributed by atoms with van der Waals surface area (Å²) in [5.41, 5.74) is 1.25. The van der Waals surface area contributed by atoms with Crippen molar-refractivity contribution in [1.82, 2.24) is 19.7 Å². The maximum Gasteiger partial charge on any atom is 0.253 e. The fourth-order valence-corrected chi connectivity index (χ4v) is 3.06. The molecule has 140 valence electrons. The monoisotopic (exact) mass is 375 g/mol. The first-order valence-electron chi connectivity index (χ1n) is 8.63. The smallest absolute Gasteiger partial charge is 0.253 e. The third-order valence-electron chi connectivity index (χ3n) is 3.74. The van der Waals surface area contributed by atoms with Crippen LogP contribution in [0, 0.1) is 0 Å². The van der Waals surface area contributed by atoms with Crippen LogP contribution in [0.15, 0.2) is 35.7 Å². The third kappa shape index (κ3) is 5.87. The van der Waals surface area contributed by atoms with E-state index in [0.29, 0.717) is 11.3 Å². The van der Waals surface area contributed by atoms with Gasteiger partial charge in [0.2, 0.25) is 5.91 Å². The number of benzene rings is 1. The first kappa shape index (κ1) is 20.0. The molecule has 1 heterocycles. The van der Waals surface area contributed by atoms with Gasteiger partial charge < -0.3 is 14.8 Å². The van der Waals surface area contributed by atoms with Crippen LogP contribution in [0.4, 0.5) is 5.69 Å². The quantitative estimate of drug-likeness (QED) is 0.538. The van der Waals surface area contributed by atoms with E-state index < -0.39 is 0 Å². The van der Waals surface area contributed by atoms with Crippen molar-refractivity contribution >= 4 is 29.3 Å². The van der Waals surface area contributed by atoms with Gasteiger partial charge in [0.25, 0.3) is 5.91 Å². The number of nitrogens with zero attached hydrogens (tertiary/aromatic N) is 4. The van der Waals surface area contributed by atoms with Gasteiger partial charge in [-0.15, -0.1) is 10.2 Å². The van der Waals surface area contributed by atoms with Crippen molar-refractivity contribution in [2.24, 2.45) is 0 Å². The number of amides is 2. The average molecular weight is 375 g/mol. The predicted molar refractivity (Wildman–Crippen MR) is 103 cm³/mol. The number of aryl methyl sites for hydroxylation is 1. The first-order chi connectivity index (χ1) is 12.5. The summed E-state index contributed by atoms with van der Waals surface area (Å²) < 4.78 is 1.98. The summed E-state index contributed by atoms with van der Waals surface area (Å²) in [4.78, 5) is 25.5. The summed E-state index contributed by atoms with van der Waals surface area (Å²) in [6.45, 7) is 3.03. The number of nitrogens with one attached hydrogen (secondary N) is 1. The van der Waals surface area contributed by atoms with Crippen molar-refractivity contribution in [2.75, 3.05) is 25.2 Å². The molecule has 0 aliphatic rings. The highest BCUT2D eigenvalue weighted by Gasteiger charge is 2.10. The molecule has 2 aromatic rings. The molecule has 1 aromatic heterocycles. The number of hydrogen-bond donors (Lipinski definition) is 1. The molecule has 26 heavy (non-hydrogen) atoms. The van der Waals surface area contributed by atoms with E-state index >= 15 is 0 Å². The molecular weight excluding hydrogens is 350 g/mol. The van der Waals surface area contributed by atoms with Crippen LogP contribution in [0.3, 0.4) is 0 Å². The fraction of sp³-hybridized carbons (Fsp3) is 0.444. The van der Waals surface area contributed by atoms with E-state index in [4.69, 9.17) is 0 Å². The van der Waals surface area contributed by atoms with Crippen LogP contribution in [-0.2, 0) is 11.3 Å². The maximum absolute atomic E-state index is 12.1. The molecule has 0 aliphatic heterocycles. The van der Waals surface area contributed by atoms with E-state index in [-0.39, 0.29) is 17.6 Å². The van der Waals surface area contributed by atoms with Crippen LogP contribution in [0.25, 0.3) is 0 Å². The Kier molecular flexibility index (Phi) is 7.65. The number of thioether (sulfide) groups is 1. The molecule has 8 heteroatoms. The minimum absolute atomic E-state index is 0.0687. The Morgan fingerprint density at radius 2 is 1.92 bits per heavy atom. The molecule has 1 N–H and O–H groups in total. The molecule has 0 unspecified atom stereocenters. The van der Waals surface area contributed by atoms with Crippen molar-refractivity contribution in [3.63, 3.8) is 0 Å². The summed E-state index contributed by atoms with van der Waals surface area (Å²) in [5.74, 6) is 0.0656. The van der Waals surface area contributed by atoms with E-state index in [1.165, 1.54) is 16.7 Å². The Morgan fingerprint density at radius 3 is 2.58 bits per heavy atom. The van der Waals surface area contributed by atoms with Crippen LogP contribution < -0.4 is 5.32 Å². The van der Waals surface area contributed by atoms with Crippen LogP contribution in [0.5, 0.6) is 0 Å². The van der Waals surface area contributed by atoms with Gasteiger partial charge in [0, 0.05) is 31.9 Å². The molecule has 0 aliphatic carbocycles. The third-order valence-corrected chi connectivity index (χ3v) is 4.72. The van der Waals surface area contributed by atoms with Crippen molar-refractivity contribution in [3.05, 3.63) is 36.2 Å². The molecule has 0 fully saturated rings. The number of aromatic nitrogens is 3. The number of carbonyl (C=O) groups excluding carboxylic acids is 2. The molecule has 0 bridgehead atoms. The number of anilines is 1. The second kappa shape index (κ2) is 9.96. The van der Waals surface area contributed by atoms with Crippen molar-refractivity contribution in [2.45, 2.75) is 37.9 Å².